The van der Waals surface area contributed by atoms with E-state index >= 15 is 0 Å². The van der Waals surface area contributed by atoms with Gasteiger partial charge in [0.1, 0.15) is 4.99 Å². The fraction of sp³-hybridized carbons (Fsp3) is 0.429. The summed E-state index contributed by atoms with van der Waals surface area (Å²) in [5.74, 6) is 0.733. The van der Waals surface area contributed by atoms with Crippen LogP contribution in [0.3, 0.4) is 0 Å². The van der Waals surface area contributed by atoms with Crippen molar-refractivity contribution in [2.45, 2.75) is 19.8 Å². The fourth-order valence-electron chi connectivity index (χ4n) is 2.34. The van der Waals surface area contributed by atoms with E-state index in [-0.39, 0.29) is 5.91 Å². The van der Waals surface area contributed by atoms with E-state index in [2.05, 4.69) is 6.92 Å². The van der Waals surface area contributed by atoms with Crippen molar-refractivity contribution in [3.05, 3.63) is 35.4 Å². The first-order valence-electron chi connectivity index (χ1n) is 6.31. The Bertz CT molecular complexity index is 473. The summed E-state index contributed by atoms with van der Waals surface area (Å²) < 4.78 is 0. The summed E-state index contributed by atoms with van der Waals surface area (Å²) in [6, 6.07) is 7.26. The van der Waals surface area contributed by atoms with Gasteiger partial charge in [-0.1, -0.05) is 37.7 Å². The highest BCUT2D eigenvalue weighted by Gasteiger charge is 2.25. The molecule has 18 heavy (non-hydrogen) atoms. The van der Waals surface area contributed by atoms with Crippen LogP contribution in [-0.2, 0) is 0 Å². The first-order valence-corrected chi connectivity index (χ1v) is 6.71. The summed E-state index contributed by atoms with van der Waals surface area (Å²) in [7, 11) is 0. The Hall–Kier alpha value is -1.42. The SMILES string of the molecule is CCC1CCN(C(=O)c2cccc(C(N)=S)c2)C1. The van der Waals surface area contributed by atoms with Gasteiger partial charge in [0.25, 0.3) is 5.91 Å². The Morgan fingerprint density at radius 1 is 1.50 bits per heavy atom. The van der Waals surface area contributed by atoms with E-state index in [1.807, 2.05) is 23.1 Å². The van der Waals surface area contributed by atoms with Gasteiger partial charge in [0, 0.05) is 24.2 Å². The lowest BCUT2D eigenvalue weighted by atomic mass is 10.1. The molecule has 2 N–H and O–H groups in total. The summed E-state index contributed by atoms with van der Waals surface area (Å²) in [4.78, 5) is 14.6. The monoisotopic (exact) mass is 262 g/mol. The lowest BCUT2D eigenvalue weighted by molar-refractivity contribution is 0.0787. The van der Waals surface area contributed by atoms with Crippen LogP contribution in [0.1, 0.15) is 35.7 Å². The molecule has 3 nitrogen and oxygen atoms in total. The van der Waals surface area contributed by atoms with Gasteiger partial charge in [-0.15, -0.1) is 0 Å². The number of hydrogen-bond donors (Lipinski definition) is 1. The van der Waals surface area contributed by atoms with Crippen molar-refractivity contribution < 1.29 is 4.79 Å². The molecular weight excluding hydrogens is 244 g/mol. The molecular formula is C14H18N2OS. The molecule has 1 fully saturated rings. The molecule has 1 aromatic carbocycles. The highest BCUT2D eigenvalue weighted by Crippen LogP contribution is 2.21. The molecule has 1 amide bonds. The number of nitrogens with zero attached hydrogens (tertiary/aromatic N) is 1. The lowest BCUT2D eigenvalue weighted by Crippen LogP contribution is -2.28. The van der Waals surface area contributed by atoms with E-state index < -0.39 is 0 Å². The van der Waals surface area contributed by atoms with Gasteiger partial charge in [0.15, 0.2) is 0 Å². The van der Waals surface area contributed by atoms with Crippen LogP contribution in [0.5, 0.6) is 0 Å². The molecule has 2 rings (SSSR count). The Morgan fingerprint density at radius 3 is 2.83 bits per heavy atom. The minimum absolute atomic E-state index is 0.0871. The van der Waals surface area contributed by atoms with E-state index in [1.165, 1.54) is 0 Å². The largest absolute Gasteiger partial charge is 0.389 e. The minimum Gasteiger partial charge on any atom is -0.389 e. The van der Waals surface area contributed by atoms with Gasteiger partial charge < -0.3 is 10.6 Å². The third-order valence-electron chi connectivity index (χ3n) is 3.54. The van der Waals surface area contributed by atoms with Crippen LogP contribution in [-0.4, -0.2) is 28.9 Å². The molecule has 0 saturated carbocycles. The second-order valence-corrected chi connectivity index (χ2v) is 5.20. The van der Waals surface area contributed by atoms with Crippen LogP contribution in [0.25, 0.3) is 0 Å². The van der Waals surface area contributed by atoms with Crippen molar-refractivity contribution in [1.82, 2.24) is 4.90 Å². The molecule has 1 unspecified atom stereocenters. The maximum Gasteiger partial charge on any atom is 0.253 e. The lowest BCUT2D eigenvalue weighted by Gasteiger charge is -2.16. The molecule has 96 valence electrons. The predicted molar refractivity (Wildman–Crippen MR) is 76.6 cm³/mol. The van der Waals surface area contributed by atoms with Gasteiger partial charge in [-0.2, -0.15) is 0 Å². The van der Waals surface area contributed by atoms with Gasteiger partial charge in [0.2, 0.25) is 0 Å². The summed E-state index contributed by atoms with van der Waals surface area (Å²) in [5, 5.41) is 0. The molecule has 1 aliphatic heterocycles. The number of nitrogens with two attached hydrogens (primary N) is 1. The van der Waals surface area contributed by atoms with E-state index in [9.17, 15) is 4.79 Å². The predicted octanol–water partition coefficient (Wildman–Crippen LogP) is 2.19. The molecule has 1 saturated heterocycles. The van der Waals surface area contributed by atoms with Crippen LogP contribution < -0.4 is 5.73 Å². The summed E-state index contributed by atoms with van der Waals surface area (Å²) >= 11 is 4.93. The molecule has 0 aliphatic carbocycles. The molecule has 0 spiro atoms. The van der Waals surface area contributed by atoms with Gasteiger partial charge in [-0.25, -0.2) is 0 Å². The zero-order chi connectivity index (χ0) is 13.1. The van der Waals surface area contributed by atoms with Gasteiger partial charge >= 0.3 is 0 Å². The normalized spacial score (nSPS) is 18.9. The minimum atomic E-state index is 0.0871. The highest BCUT2D eigenvalue weighted by atomic mass is 32.1. The van der Waals surface area contributed by atoms with Gasteiger partial charge in [0.05, 0.1) is 0 Å². The molecule has 1 atom stereocenters. The molecule has 1 aromatic rings. The van der Waals surface area contributed by atoms with Crippen molar-refractivity contribution in [2.24, 2.45) is 11.7 Å². The maximum absolute atomic E-state index is 12.3. The van der Waals surface area contributed by atoms with Crippen molar-refractivity contribution in [1.29, 1.82) is 0 Å². The topological polar surface area (TPSA) is 46.3 Å². The third-order valence-corrected chi connectivity index (χ3v) is 3.78. The van der Waals surface area contributed by atoms with Crippen LogP contribution in [0, 0.1) is 5.92 Å². The Balaban J connectivity index is 2.14. The van der Waals surface area contributed by atoms with E-state index in [1.54, 1.807) is 6.07 Å². The Labute approximate surface area is 113 Å². The molecule has 1 aliphatic rings. The number of likely N-dealkylation sites (tertiary alicyclic amines) is 1. The standard InChI is InChI=1S/C14H18N2OS/c1-2-10-6-7-16(9-10)14(17)12-5-3-4-11(8-12)13(15)18/h3-5,8,10H,2,6-7,9H2,1H3,(H2,15,18). The second kappa shape index (κ2) is 5.48. The van der Waals surface area contributed by atoms with Crippen molar-refractivity contribution in [3.63, 3.8) is 0 Å². The van der Waals surface area contributed by atoms with E-state index in [0.29, 0.717) is 16.5 Å². The average molecular weight is 262 g/mol. The molecule has 0 radical (unpaired) electrons. The number of carbonyl (C=O) groups is 1. The van der Waals surface area contributed by atoms with E-state index in [0.717, 1.165) is 31.5 Å². The smallest absolute Gasteiger partial charge is 0.253 e. The van der Waals surface area contributed by atoms with E-state index in [4.69, 9.17) is 18.0 Å². The highest BCUT2D eigenvalue weighted by molar-refractivity contribution is 7.80. The zero-order valence-corrected chi connectivity index (χ0v) is 11.4. The number of thiocarbonyl (C=S) groups is 1. The number of hydrogen-bond acceptors (Lipinski definition) is 2. The van der Waals surface area contributed by atoms with Crippen LogP contribution in [0.2, 0.25) is 0 Å². The number of benzene rings is 1. The first-order chi connectivity index (χ1) is 8.61. The molecule has 0 aromatic heterocycles. The molecule has 0 bridgehead atoms. The van der Waals surface area contributed by atoms with Crippen molar-refractivity contribution >= 4 is 23.1 Å². The molecule has 1 heterocycles. The van der Waals surface area contributed by atoms with Crippen molar-refractivity contribution in [3.8, 4) is 0 Å². The second-order valence-electron chi connectivity index (χ2n) is 4.76. The Morgan fingerprint density at radius 2 is 2.22 bits per heavy atom. The number of rotatable bonds is 3. The number of amides is 1. The third kappa shape index (κ3) is 2.70. The fourth-order valence-corrected chi connectivity index (χ4v) is 2.47. The summed E-state index contributed by atoms with van der Waals surface area (Å²) in [6.45, 7) is 3.90. The van der Waals surface area contributed by atoms with Gasteiger partial charge in [-0.3, -0.25) is 4.79 Å². The first kappa shape index (κ1) is 13.0. The van der Waals surface area contributed by atoms with Gasteiger partial charge in [-0.05, 0) is 24.5 Å². The summed E-state index contributed by atoms with van der Waals surface area (Å²) in [6.07, 6.45) is 2.24. The Kier molecular flexibility index (Phi) is 3.97. The van der Waals surface area contributed by atoms with Crippen LogP contribution in [0.4, 0.5) is 0 Å². The molecule has 4 heteroatoms. The van der Waals surface area contributed by atoms with Crippen LogP contribution >= 0.6 is 12.2 Å². The quantitative estimate of drug-likeness (QED) is 0.849. The number of carbonyl (C=O) groups excluding carboxylic acids is 1. The zero-order valence-electron chi connectivity index (χ0n) is 10.6. The maximum atomic E-state index is 12.3. The average Bonchev–Trinajstić information content (AvgIpc) is 2.86. The van der Waals surface area contributed by atoms with Crippen molar-refractivity contribution in [2.75, 3.05) is 13.1 Å². The summed E-state index contributed by atoms with van der Waals surface area (Å²) in [5.41, 5.74) is 7.02. The van der Waals surface area contributed by atoms with Crippen LogP contribution in [0.15, 0.2) is 24.3 Å².